The number of amides is 1. The third-order valence-corrected chi connectivity index (χ3v) is 4.73. The lowest BCUT2D eigenvalue weighted by Crippen LogP contribution is -2.20. The fraction of sp³-hybridized carbons (Fsp3) is 0.316. The third-order valence-electron chi connectivity index (χ3n) is 4.73. The monoisotopic (exact) mass is 338 g/mol. The van der Waals surface area contributed by atoms with Crippen LogP contribution in [0.15, 0.2) is 42.7 Å². The van der Waals surface area contributed by atoms with Gasteiger partial charge in [0.2, 0.25) is 5.95 Å². The minimum Gasteiger partial charge on any atom is -0.307 e. The van der Waals surface area contributed by atoms with E-state index in [1.54, 1.807) is 0 Å². The van der Waals surface area contributed by atoms with Crippen LogP contribution in [0, 0.1) is 5.82 Å². The van der Waals surface area contributed by atoms with Crippen LogP contribution in [0.2, 0.25) is 0 Å². The second kappa shape index (κ2) is 6.63. The second-order valence-corrected chi connectivity index (χ2v) is 6.43. The van der Waals surface area contributed by atoms with Crippen LogP contribution in [0.1, 0.15) is 48.5 Å². The van der Waals surface area contributed by atoms with Crippen molar-refractivity contribution in [1.29, 1.82) is 0 Å². The zero-order valence-corrected chi connectivity index (χ0v) is 13.8. The predicted octanol–water partition coefficient (Wildman–Crippen LogP) is 4.33. The molecule has 1 aliphatic carbocycles. The molecule has 0 saturated heterocycles. The van der Waals surface area contributed by atoms with E-state index in [1.807, 2.05) is 24.3 Å². The molecule has 2 heterocycles. The molecule has 2 aromatic heterocycles. The lowest BCUT2D eigenvalue weighted by atomic mass is 9.95. The summed E-state index contributed by atoms with van der Waals surface area (Å²) in [7, 11) is 0. The molecule has 0 atom stereocenters. The van der Waals surface area contributed by atoms with Gasteiger partial charge in [0.15, 0.2) is 0 Å². The molecular formula is C19H19FN4O. The van der Waals surface area contributed by atoms with E-state index in [0.717, 1.165) is 30.1 Å². The molecule has 1 saturated carbocycles. The quantitative estimate of drug-likeness (QED) is 0.773. The summed E-state index contributed by atoms with van der Waals surface area (Å²) in [4.78, 5) is 20.8. The number of imidazole rings is 1. The first-order chi connectivity index (χ1) is 12.2. The molecule has 1 N–H and O–H groups in total. The number of anilines is 1. The summed E-state index contributed by atoms with van der Waals surface area (Å²) in [6.45, 7) is 0. The number of hydrogen-bond donors (Lipinski definition) is 1. The van der Waals surface area contributed by atoms with Gasteiger partial charge < -0.3 is 4.57 Å². The number of benzene rings is 1. The number of nitrogens with zero attached hydrogens (tertiary/aromatic N) is 3. The highest BCUT2D eigenvalue weighted by molar-refractivity contribution is 6.03. The van der Waals surface area contributed by atoms with E-state index in [4.69, 9.17) is 0 Å². The van der Waals surface area contributed by atoms with Crippen LogP contribution >= 0.6 is 0 Å². The van der Waals surface area contributed by atoms with Crippen LogP contribution in [0.4, 0.5) is 10.3 Å². The first-order valence-corrected chi connectivity index (χ1v) is 8.61. The summed E-state index contributed by atoms with van der Waals surface area (Å²) in [6, 6.07) is 9.37. The first kappa shape index (κ1) is 15.7. The molecule has 1 aromatic carbocycles. The molecule has 1 amide bonds. The molecule has 4 rings (SSSR count). The Morgan fingerprint density at radius 3 is 2.76 bits per heavy atom. The molecule has 0 unspecified atom stereocenters. The van der Waals surface area contributed by atoms with E-state index in [9.17, 15) is 9.18 Å². The van der Waals surface area contributed by atoms with Crippen LogP contribution in [0.25, 0.3) is 11.0 Å². The van der Waals surface area contributed by atoms with Crippen molar-refractivity contribution in [1.82, 2.24) is 14.5 Å². The highest BCUT2D eigenvalue weighted by Gasteiger charge is 2.22. The lowest BCUT2D eigenvalue weighted by Gasteiger charge is -2.25. The molecule has 128 valence electrons. The number of hydrogen-bond acceptors (Lipinski definition) is 3. The zero-order chi connectivity index (χ0) is 17.2. The van der Waals surface area contributed by atoms with Gasteiger partial charge in [-0.25, -0.2) is 9.37 Å². The van der Waals surface area contributed by atoms with Crippen molar-refractivity contribution in [2.45, 2.75) is 38.1 Å². The molecule has 6 heteroatoms. The predicted molar refractivity (Wildman–Crippen MR) is 94.0 cm³/mol. The Labute approximate surface area is 144 Å². The van der Waals surface area contributed by atoms with Crippen molar-refractivity contribution in [3.8, 4) is 0 Å². The lowest BCUT2D eigenvalue weighted by molar-refractivity contribution is 0.102. The maximum absolute atomic E-state index is 13.3. The molecule has 1 fully saturated rings. The summed E-state index contributed by atoms with van der Waals surface area (Å²) in [5.41, 5.74) is 2.05. The standard InChI is InChI=1S/C19H19FN4O/c20-14-10-13(11-21-12-14)18(25)23-19-22-16-8-4-5-9-17(16)24(19)15-6-2-1-3-7-15/h4-5,8-12,15H,1-3,6-7H2,(H,22,23,25). The Bertz CT molecular complexity index is 915. The maximum atomic E-state index is 13.3. The summed E-state index contributed by atoms with van der Waals surface area (Å²) >= 11 is 0. The largest absolute Gasteiger partial charge is 0.307 e. The number of rotatable bonds is 3. The number of nitrogens with one attached hydrogen (secondary N) is 1. The van der Waals surface area contributed by atoms with E-state index < -0.39 is 11.7 Å². The molecule has 0 aliphatic heterocycles. The van der Waals surface area contributed by atoms with Gasteiger partial charge >= 0.3 is 0 Å². The SMILES string of the molecule is O=C(Nc1nc2ccccc2n1C1CCCCC1)c1cncc(F)c1. The topological polar surface area (TPSA) is 59.8 Å². The minimum absolute atomic E-state index is 0.183. The molecular weight excluding hydrogens is 319 g/mol. The average Bonchev–Trinajstić information content (AvgIpc) is 3.00. The Kier molecular flexibility index (Phi) is 4.17. The highest BCUT2D eigenvalue weighted by Crippen LogP contribution is 2.34. The van der Waals surface area contributed by atoms with Crippen LogP contribution < -0.4 is 5.32 Å². The van der Waals surface area contributed by atoms with E-state index in [-0.39, 0.29) is 5.56 Å². The molecule has 1 aliphatic rings. The van der Waals surface area contributed by atoms with Gasteiger partial charge in [0.25, 0.3) is 5.91 Å². The van der Waals surface area contributed by atoms with E-state index in [1.165, 1.54) is 31.5 Å². The average molecular weight is 338 g/mol. The first-order valence-electron chi connectivity index (χ1n) is 8.61. The van der Waals surface area contributed by atoms with Gasteiger partial charge in [-0.1, -0.05) is 31.4 Å². The third kappa shape index (κ3) is 3.12. The second-order valence-electron chi connectivity index (χ2n) is 6.43. The van der Waals surface area contributed by atoms with Crippen LogP contribution in [-0.4, -0.2) is 20.4 Å². The Balaban J connectivity index is 1.72. The van der Waals surface area contributed by atoms with Crippen molar-refractivity contribution in [2.75, 3.05) is 5.32 Å². The zero-order valence-electron chi connectivity index (χ0n) is 13.8. The summed E-state index contributed by atoms with van der Waals surface area (Å²) in [6.07, 6.45) is 8.19. The van der Waals surface area contributed by atoms with Crippen LogP contribution in [-0.2, 0) is 0 Å². The van der Waals surface area contributed by atoms with Gasteiger partial charge in [0.1, 0.15) is 5.82 Å². The number of carbonyl (C=O) groups is 1. The summed E-state index contributed by atoms with van der Waals surface area (Å²) < 4.78 is 15.5. The normalized spacial score (nSPS) is 15.4. The van der Waals surface area contributed by atoms with Crippen LogP contribution in [0.3, 0.4) is 0 Å². The van der Waals surface area contributed by atoms with Crippen molar-refractivity contribution in [3.05, 3.63) is 54.1 Å². The van der Waals surface area contributed by atoms with E-state index >= 15 is 0 Å². The number of halogens is 1. The van der Waals surface area contributed by atoms with Gasteiger partial charge in [0.05, 0.1) is 22.8 Å². The fourth-order valence-corrected chi connectivity index (χ4v) is 3.55. The Morgan fingerprint density at radius 2 is 1.96 bits per heavy atom. The molecule has 3 aromatic rings. The molecule has 0 bridgehead atoms. The van der Waals surface area contributed by atoms with Gasteiger partial charge in [-0.2, -0.15) is 0 Å². The summed E-state index contributed by atoms with van der Waals surface area (Å²) in [5, 5.41) is 2.85. The molecule has 0 spiro atoms. The van der Waals surface area contributed by atoms with Gasteiger partial charge in [0, 0.05) is 12.2 Å². The Morgan fingerprint density at radius 1 is 1.16 bits per heavy atom. The van der Waals surface area contributed by atoms with E-state index in [2.05, 4.69) is 19.9 Å². The van der Waals surface area contributed by atoms with Crippen molar-refractivity contribution < 1.29 is 9.18 Å². The highest BCUT2D eigenvalue weighted by atomic mass is 19.1. The van der Waals surface area contributed by atoms with Crippen molar-refractivity contribution in [2.24, 2.45) is 0 Å². The van der Waals surface area contributed by atoms with Crippen molar-refractivity contribution >= 4 is 22.9 Å². The smallest absolute Gasteiger partial charge is 0.259 e. The number of carbonyl (C=O) groups excluding carboxylic acids is 1. The van der Waals surface area contributed by atoms with Crippen molar-refractivity contribution in [3.63, 3.8) is 0 Å². The van der Waals surface area contributed by atoms with Gasteiger partial charge in [-0.05, 0) is 31.0 Å². The molecule has 0 radical (unpaired) electrons. The molecule has 25 heavy (non-hydrogen) atoms. The maximum Gasteiger partial charge on any atom is 0.259 e. The van der Waals surface area contributed by atoms with E-state index in [0.29, 0.717) is 12.0 Å². The summed E-state index contributed by atoms with van der Waals surface area (Å²) in [5.74, 6) is -0.421. The number of pyridine rings is 1. The number of fused-ring (bicyclic) bond motifs is 1. The fourth-order valence-electron chi connectivity index (χ4n) is 3.55. The minimum atomic E-state index is -0.534. The van der Waals surface area contributed by atoms with Gasteiger partial charge in [-0.15, -0.1) is 0 Å². The van der Waals surface area contributed by atoms with Gasteiger partial charge in [-0.3, -0.25) is 15.1 Å². The molecule has 5 nitrogen and oxygen atoms in total. The Hall–Kier alpha value is -2.76. The van der Waals surface area contributed by atoms with Crippen LogP contribution in [0.5, 0.6) is 0 Å². The number of para-hydroxylation sites is 2. The number of aromatic nitrogens is 3.